The van der Waals surface area contributed by atoms with Crippen LogP contribution in [0.3, 0.4) is 0 Å². The smallest absolute Gasteiger partial charge is 0.224 e. The van der Waals surface area contributed by atoms with Crippen LogP contribution in [0.5, 0.6) is 0 Å². The Morgan fingerprint density at radius 1 is 1.19 bits per heavy atom. The zero-order valence-electron chi connectivity index (χ0n) is 9.60. The minimum Gasteiger partial charge on any atom is -0.326 e. The maximum absolute atomic E-state index is 11.7. The van der Waals surface area contributed by atoms with E-state index >= 15 is 0 Å². The summed E-state index contributed by atoms with van der Waals surface area (Å²) in [5, 5.41) is 3.80. The molecule has 0 aliphatic carbocycles. The zero-order chi connectivity index (χ0) is 12.3. The summed E-state index contributed by atoms with van der Waals surface area (Å²) in [6, 6.07) is 4.98. The summed E-state index contributed by atoms with van der Waals surface area (Å²) in [5.41, 5.74) is 0.596. The number of nitrogens with one attached hydrogen (secondary N) is 1. The highest BCUT2D eigenvalue weighted by molar-refractivity contribution is 6.35. The summed E-state index contributed by atoms with van der Waals surface area (Å²) in [5.74, 6) is -0.0363. The number of carbonyl (C=O) groups is 1. The van der Waals surface area contributed by atoms with E-state index in [-0.39, 0.29) is 11.3 Å². The van der Waals surface area contributed by atoms with Gasteiger partial charge in [-0.2, -0.15) is 0 Å². The zero-order valence-corrected chi connectivity index (χ0v) is 11.1. The van der Waals surface area contributed by atoms with Crippen LogP contribution in [0.25, 0.3) is 0 Å². The van der Waals surface area contributed by atoms with Crippen molar-refractivity contribution in [3.63, 3.8) is 0 Å². The van der Waals surface area contributed by atoms with Crippen molar-refractivity contribution in [2.24, 2.45) is 5.41 Å². The normalized spacial score (nSPS) is 11.3. The number of anilines is 1. The second-order valence-electron chi connectivity index (χ2n) is 4.94. The van der Waals surface area contributed by atoms with Gasteiger partial charge in [0, 0.05) is 22.2 Å². The van der Waals surface area contributed by atoms with Gasteiger partial charge in [-0.1, -0.05) is 44.0 Å². The molecule has 0 aliphatic rings. The first-order valence-electron chi connectivity index (χ1n) is 5.02. The lowest BCUT2D eigenvalue weighted by molar-refractivity contribution is -0.117. The summed E-state index contributed by atoms with van der Waals surface area (Å²) in [6.07, 6.45) is 0.455. The topological polar surface area (TPSA) is 29.1 Å². The van der Waals surface area contributed by atoms with Gasteiger partial charge in [-0.15, -0.1) is 0 Å². The molecule has 0 unspecified atom stereocenters. The van der Waals surface area contributed by atoms with Crippen molar-refractivity contribution < 1.29 is 4.79 Å². The number of amides is 1. The molecule has 1 rings (SSSR count). The first kappa shape index (κ1) is 13.3. The van der Waals surface area contributed by atoms with E-state index in [4.69, 9.17) is 23.2 Å². The standard InChI is InChI=1S/C12H15Cl2NO/c1-12(2,3)7-11(16)15-10-5-8(13)4-9(14)6-10/h4-6H,7H2,1-3H3,(H,15,16). The Kier molecular flexibility index (Phi) is 4.22. The van der Waals surface area contributed by atoms with E-state index in [9.17, 15) is 4.79 Å². The summed E-state index contributed by atoms with van der Waals surface area (Å²) < 4.78 is 0. The van der Waals surface area contributed by atoms with Crippen LogP contribution in [0.4, 0.5) is 5.69 Å². The largest absolute Gasteiger partial charge is 0.326 e. The monoisotopic (exact) mass is 259 g/mol. The molecule has 88 valence electrons. The van der Waals surface area contributed by atoms with Gasteiger partial charge in [-0.05, 0) is 23.6 Å². The Bertz CT molecular complexity index is 376. The molecule has 0 aromatic heterocycles. The maximum Gasteiger partial charge on any atom is 0.224 e. The minimum atomic E-state index is -0.0363. The number of rotatable bonds is 2. The molecule has 0 saturated heterocycles. The second-order valence-corrected chi connectivity index (χ2v) is 5.82. The summed E-state index contributed by atoms with van der Waals surface area (Å²) in [6.45, 7) is 6.03. The van der Waals surface area contributed by atoms with Gasteiger partial charge < -0.3 is 5.32 Å². The van der Waals surface area contributed by atoms with Crippen molar-refractivity contribution in [3.8, 4) is 0 Å². The lowest BCUT2D eigenvalue weighted by Gasteiger charge is -2.17. The van der Waals surface area contributed by atoms with Crippen LogP contribution >= 0.6 is 23.2 Å². The molecule has 0 bridgehead atoms. The Hall–Kier alpha value is -0.730. The quantitative estimate of drug-likeness (QED) is 0.840. The van der Waals surface area contributed by atoms with Gasteiger partial charge in [-0.3, -0.25) is 4.79 Å². The van der Waals surface area contributed by atoms with E-state index in [0.717, 1.165) is 0 Å². The third kappa shape index (κ3) is 4.86. The molecule has 1 aromatic rings. The van der Waals surface area contributed by atoms with Gasteiger partial charge in [0.05, 0.1) is 0 Å². The van der Waals surface area contributed by atoms with E-state index in [0.29, 0.717) is 22.2 Å². The molecule has 0 fully saturated rings. The molecule has 0 heterocycles. The number of benzene rings is 1. The maximum atomic E-state index is 11.7. The van der Waals surface area contributed by atoms with Crippen molar-refractivity contribution in [2.45, 2.75) is 27.2 Å². The molecule has 1 amide bonds. The molecule has 16 heavy (non-hydrogen) atoms. The van der Waals surface area contributed by atoms with Crippen molar-refractivity contribution in [3.05, 3.63) is 28.2 Å². The van der Waals surface area contributed by atoms with Gasteiger partial charge in [0.25, 0.3) is 0 Å². The van der Waals surface area contributed by atoms with E-state index < -0.39 is 0 Å². The summed E-state index contributed by atoms with van der Waals surface area (Å²) in [7, 11) is 0. The van der Waals surface area contributed by atoms with Gasteiger partial charge in [0.1, 0.15) is 0 Å². The van der Waals surface area contributed by atoms with Crippen molar-refractivity contribution >= 4 is 34.8 Å². The van der Waals surface area contributed by atoms with Gasteiger partial charge >= 0.3 is 0 Å². The predicted molar refractivity (Wildman–Crippen MR) is 69.2 cm³/mol. The molecule has 0 saturated carbocycles. The van der Waals surface area contributed by atoms with Gasteiger partial charge in [0.15, 0.2) is 0 Å². The minimum absolute atomic E-state index is 0.0353. The van der Waals surface area contributed by atoms with Gasteiger partial charge in [-0.25, -0.2) is 0 Å². The first-order valence-corrected chi connectivity index (χ1v) is 5.78. The van der Waals surface area contributed by atoms with Gasteiger partial charge in [0.2, 0.25) is 5.91 Å². The van der Waals surface area contributed by atoms with E-state index in [1.165, 1.54) is 0 Å². The molecule has 1 N–H and O–H groups in total. The van der Waals surface area contributed by atoms with Crippen LogP contribution in [0.1, 0.15) is 27.2 Å². The Morgan fingerprint density at radius 2 is 1.69 bits per heavy atom. The van der Waals surface area contributed by atoms with Crippen LogP contribution in [0, 0.1) is 5.41 Å². The van der Waals surface area contributed by atoms with E-state index in [1.807, 2.05) is 20.8 Å². The SMILES string of the molecule is CC(C)(C)CC(=O)Nc1cc(Cl)cc(Cl)c1. The summed E-state index contributed by atoms with van der Waals surface area (Å²) >= 11 is 11.7. The fourth-order valence-electron chi connectivity index (χ4n) is 1.31. The Balaban J connectivity index is 2.70. The summed E-state index contributed by atoms with van der Waals surface area (Å²) in [4.78, 5) is 11.7. The molecule has 0 aliphatic heterocycles. The number of hydrogen-bond donors (Lipinski definition) is 1. The predicted octanol–water partition coefficient (Wildman–Crippen LogP) is 4.37. The number of halogens is 2. The number of hydrogen-bond acceptors (Lipinski definition) is 1. The average Bonchev–Trinajstić information content (AvgIpc) is 1.96. The van der Waals surface area contributed by atoms with Crippen LogP contribution in [0.15, 0.2) is 18.2 Å². The Morgan fingerprint density at radius 3 is 2.12 bits per heavy atom. The van der Waals surface area contributed by atoms with Crippen LogP contribution < -0.4 is 5.32 Å². The first-order chi connectivity index (χ1) is 7.26. The molecule has 1 aromatic carbocycles. The highest BCUT2D eigenvalue weighted by atomic mass is 35.5. The molecular weight excluding hydrogens is 245 g/mol. The fourth-order valence-corrected chi connectivity index (χ4v) is 1.84. The van der Waals surface area contributed by atoms with E-state index in [2.05, 4.69) is 5.32 Å². The lowest BCUT2D eigenvalue weighted by Crippen LogP contribution is -2.19. The molecule has 0 atom stereocenters. The molecular formula is C12H15Cl2NO. The second kappa shape index (κ2) is 5.07. The van der Waals surface area contributed by atoms with Crippen LogP contribution in [0.2, 0.25) is 10.0 Å². The third-order valence-electron chi connectivity index (χ3n) is 1.84. The van der Waals surface area contributed by atoms with Crippen LogP contribution in [-0.2, 0) is 4.79 Å². The van der Waals surface area contributed by atoms with Crippen LogP contribution in [-0.4, -0.2) is 5.91 Å². The highest BCUT2D eigenvalue weighted by Crippen LogP contribution is 2.24. The average molecular weight is 260 g/mol. The fraction of sp³-hybridized carbons (Fsp3) is 0.417. The van der Waals surface area contributed by atoms with Crippen molar-refractivity contribution in [1.82, 2.24) is 0 Å². The highest BCUT2D eigenvalue weighted by Gasteiger charge is 2.16. The number of carbonyl (C=O) groups excluding carboxylic acids is 1. The van der Waals surface area contributed by atoms with Crippen molar-refractivity contribution in [1.29, 1.82) is 0 Å². The molecule has 4 heteroatoms. The lowest BCUT2D eigenvalue weighted by atomic mass is 9.92. The van der Waals surface area contributed by atoms with E-state index in [1.54, 1.807) is 18.2 Å². The Labute approximate surface area is 106 Å². The molecule has 0 spiro atoms. The molecule has 0 radical (unpaired) electrons. The molecule has 2 nitrogen and oxygen atoms in total. The third-order valence-corrected chi connectivity index (χ3v) is 2.27. The van der Waals surface area contributed by atoms with Crippen molar-refractivity contribution in [2.75, 3.05) is 5.32 Å².